The topological polar surface area (TPSA) is 72.0 Å². The van der Waals surface area contributed by atoms with Crippen molar-refractivity contribution in [2.45, 2.75) is 46.1 Å². The molecule has 0 aromatic carbocycles. The molecule has 1 heterocycles. The number of amidine groups is 1. The summed E-state index contributed by atoms with van der Waals surface area (Å²) in [7, 11) is 0. The number of rotatable bonds is 3. The lowest BCUT2D eigenvalue weighted by Crippen LogP contribution is -2.29. The molecule has 2 unspecified atom stereocenters. The van der Waals surface area contributed by atoms with Gasteiger partial charge in [0, 0.05) is 17.3 Å². The minimum absolute atomic E-state index is 0.0562. The van der Waals surface area contributed by atoms with Gasteiger partial charge in [-0.2, -0.15) is 0 Å². The zero-order chi connectivity index (χ0) is 14.0. The van der Waals surface area contributed by atoms with Crippen LogP contribution in [0.2, 0.25) is 0 Å². The average molecular weight is 261 g/mol. The van der Waals surface area contributed by atoms with Gasteiger partial charge in [0.25, 0.3) is 0 Å². The highest BCUT2D eigenvalue weighted by molar-refractivity contribution is 5.95. The molecule has 0 radical (unpaired) electrons. The van der Waals surface area contributed by atoms with E-state index in [1.807, 2.05) is 6.92 Å². The average Bonchev–Trinajstić information content (AvgIpc) is 2.26. The fourth-order valence-electron chi connectivity index (χ4n) is 2.99. The van der Waals surface area contributed by atoms with Gasteiger partial charge in [0.15, 0.2) is 0 Å². The first-order chi connectivity index (χ1) is 8.94. The lowest BCUT2D eigenvalue weighted by Gasteiger charge is -2.31. The van der Waals surface area contributed by atoms with Gasteiger partial charge in [-0.1, -0.05) is 13.8 Å². The largest absolute Gasteiger partial charge is 0.474 e. The standard InChI is InChI=1S/C15H23N3O/c1-9-4-10(2)6-13(5-9)19-14-8-12(15(16)17)7-11(3)18-14/h7-10,13H,4-6H2,1-3H3,(H3,16,17). The Morgan fingerprint density at radius 2 is 1.89 bits per heavy atom. The first-order valence-electron chi connectivity index (χ1n) is 6.93. The third-order valence-corrected chi connectivity index (χ3v) is 3.66. The lowest BCUT2D eigenvalue weighted by molar-refractivity contribution is 0.0966. The SMILES string of the molecule is Cc1cc(C(=N)N)cc(OC2CC(C)CC(C)C2)n1. The van der Waals surface area contributed by atoms with Crippen LogP contribution in [0.25, 0.3) is 0 Å². The Hall–Kier alpha value is -1.58. The van der Waals surface area contributed by atoms with Crippen LogP contribution in [0.4, 0.5) is 0 Å². The van der Waals surface area contributed by atoms with Crippen molar-refractivity contribution in [1.82, 2.24) is 4.98 Å². The van der Waals surface area contributed by atoms with Crippen LogP contribution < -0.4 is 10.5 Å². The van der Waals surface area contributed by atoms with Crippen LogP contribution in [-0.2, 0) is 0 Å². The second kappa shape index (κ2) is 5.59. The number of nitrogens with zero attached hydrogens (tertiary/aromatic N) is 1. The fraction of sp³-hybridized carbons (Fsp3) is 0.600. The Balaban J connectivity index is 2.12. The molecule has 1 aliphatic rings. The maximum atomic E-state index is 7.51. The second-order valence-corrected chi connectivity index (χ2v) is 5.91. The molecular formula is C15H23N3O. The summed E-state index contributed by atoms with van der Waals surface area (Å²) in [5.74, 6) is 2.05. The molecule has 3 N–H and O–H groups in total. The normalized spacial score (nSPS) is 27.0. The Morgan fingerprint density at radius 1 is 1.26 bits per heavy atom. The van der Waals surface area contributed by atoms with E-state index in [0.717, 1.165) is 18.5 Å². The summed E-state index contributed by atoms with van der Waals surface area (Å²) in [5, 5.41) is 7.51. The van der Waals surface area contributed by atoms with Crippen LogP contribution in [-0.4, -0.2) is 16.9 Å². The molecule has 0 spiro atoms. The van der Waals surface area contributed by atoms with Gasteiger partial charge >= 0.3 is 0 Å². The zero-order valence-corrected chi connectivity index (χ0v) is 11.9. The van der Waals surface area contributed by atoms with Gasteiger partial charge in [-0.25, -0.2) is 4.98 Å². The molecule has 4 nitrogen and oxygen atoms in total. The van der Waals surface area contributed by atoms with E-state index >= 15 is 0 Å². The predicted octanol–water partition coefficient (Wildman–Crippen LogP) is 2.88. The molecule has 2 atom stereocenters. The number of hydrogen-bond acceptors (Lipinski definition) is 3. The van der Waals surface area contributed by atoms with Crippen molar-refractivity contribution in [3.63, 3.8) is 0 Å². The highest BCUT2D eigenvalue weighted by Gasteiger charge is 2.25. The molecule has 0 amide bonds. The summed E-state index contributed by atoms with van der Waals surface area (Å²) in [6.45, 7) is 6.44. The van der Waals surface area contributed by atoms with E-state index < -0.39 is 0 Å². The van der Waals surface area contributed by atoms with Crippen LogP contribution in [0.15, 0.2) is 12.1 Å². The third-order valence-electron chi connectivity index (χ3n) is 3.66. The van der Waals surface area contributed by atoms with E-state index in [4.69, 9.17) is 15.9 Å². The van der Waals surface area contributed by atoms with E-state index in [1.165, 1.54) is 6.42 Å². The summed E-state index contributed by atoms with van der Waals surface area (Å²) in [5.41, 5.74) is 7.04. The molecule has 1 fully saturated rings. The number of nitrogens with two attached hydrogens (primary N) is 1. The minimum Gasteiger partial charge on any atom is -0.474 e. The summed E-state index contributed by atoms with van der Waals surface area (Å²) < 4.78 is 6.00. The summed E-state index contributed by atoms with van der Waals surface area (Å²) in [6.07, 6.45) is 3.66. The van der Waals surface area contributed by atoms with Gasteiger partial charge in [-0.15, -0.1) is 0 Å². The van der Waals surface area contributed by atoms with Crippen molar-refractivity contribution < 1.29 is 4.74 Å². The third kappa shape index (κ3) is 3.69. The Kier molecular flexibility index (Phi) is 4.08. The van der Waals surface area contributed by atoms with Gasteiger partial charge in [-0.05, 0) is 44.1 Å². The quantitative estimate of drug-likeness (QED) is 0.649. The molecule has 2 rings (SSSR count). The molecular weight excluding hydrogens is 238 g/mol. The summed E-state index contributed by atoms with van der Waals surface area (Å²) in [6, 6.07) is 3.57. The molecule has 19 heavy (non-hydrogen) atoms. The minimum atomic E-state index is 0.0562. The Morgan fingerprint density at radius 3 is 2.47 bits per heavy atom. The number of nitrogens with one attached hydrogen (secondary N) is 1. The van der Waals surface area contributed by atoms with Crippen molar-refractivity contribution in [1.29, 1.82) is 5.41 Å². The number of aromatic nitrogens is 1. The first kappa shape index (κ1) is 13.8. The van der Waals surface area contributed by atoms with Gasteiger partial charge in [0.2, 0.25) is 5.88 Å². The maximum absolute atomic E-state index is 7.51. The van der Waals surface area contributed by atoms with Gasteiger partial charge in [-0.3, -0.25) is 5.41 Å². The van der Waals surface area contributed by atoms with Crippen molar-refractivity contribution in [2.75, 3.05) is 0 Å². The number of nitrogen functional groups attached to an aromatic ring is 1. The molecule has 1 aromatic rings. The molecule has 104 valence electrons. The Labute approximate surface area is 114 Å². The number of aryl methyl sites for hydroxylation is 1. The molecule has 0 saturated heterocycles. The first-order valence-corrected chi connectivity index (χ1v) is 6.93. The second-order valence-electron chi connectivity index (χ2n) is 5.91. The van der Waals surface area contributed by atoms with Crippen molar-refractivity contribution >= 4 is 5.84 Å². The summed E-state index contributed by atoms with van der Waals surface area (Å²) in [4.78, 5) is 4.39. The van der Waals surface area contributed by atoms with Gasteiger partial charge < -0.3 is 10.5 Å². The number of pyridine rings is 1. The van der Waals surface area contributed by atoms with Crippen LogP contribution in [0, 0.1) is 24.2 Å². The number of hydrogen-bond donors (Lipinski definition) is 2. The van der Waals surface area contributed by atoms with E-state index in [0.29, 0.717) is 23.3 Å². The molecule has 1 saturated carbocycles. The van der Waals surface area contributed by atoms with E-state index in [2.05, 4.69) is 18.8 Å². The molecule has 0 aliphatic heterocycles. The number of ether oxygens (including phenoxy) is 1. The predicted molar refractivity (Wildman–Crippen MR) is 76.6 cm³/mol. The van der Waals surface area contributed by atoms with Crippen molar-refractivity contribution in [3.05, 3.63) is 23.4 Å². The lowest BCUT2D eigenvalue weighted by atomic mass is 9.82. The van der Waals surface area contributed by atoms with Crippen LogP contribution in [0.3, 0.4) is 0 Å². The smallest absolute Gasteiger partial charge is 0.214 e. The molecule has 0 bridgehead atoms. The zero-order valence-electron chi connectivity index (χ0n) is 11.9. The van der Waals surface area contributed by atoms with Crippen molar-refractivity contribution in [3.8, 4) is 5.88 Å². The van der Waals surface area contributed by atoms with Gasteiger partial charge in [0.05, 0.1) is 0 Å². The van der Waals surface area contributed by atoms with Crippen molar-refractivity contribution in [2.24, 2.45) is 17.6 Å². The van der Waals surface area contributed by atoms with E-state index in [1.54, 1.807) is 12.1 Å². The molecule has 1 aromatic heterocycles. The van der Waals surface area contributed by atoms with E-state index in [-0.39, 0.29) is 11.9 Å². The molecule has 1 aliphatic carbocycles. The van der Waals surface area contributed by atoms with Crippen LogP contribution in [0.1, 0.15) is 44.4 Å². The monoisotopic (exact) mass is 261 g/mol. The fourth-order valence-corrected chi connectivity index (χ4v) is 2.99. The highest BCUT2D eigenvalue weighted by Crippen LogP contribution is 2.31. The summed E-state index contributed by atoms with van der Waals surface area (Å²) >= 11 is 0. The van der Waals surface area contributed by atoms with Crippen LogP contribution >= 0.6 is 0 Å². The Bertz CT molecular complexity index is 462. The van der Waals surface area contributed by atoms with Crippen LogP contribution in [0.5, 0.6) is 5.88 Å². The maximum Gasteiger partial charge on any atom is 0.214 e. The molecule has 4 heteroatoms. The van der Waals surface area contributed by atoms with E-state index in [9.17, 15) is 0 Å². The highest BCUT2D eigenvalue weighted by atomic mass is 16.5. The van der Waals surface area contributed by atoms with Gasteiger partial charge in [0.1, 0.15) is 11.9 Å².